The summed E-state index contributed by atoms with van der Waals surface area (Å²) in [6, 6.07) is 16.8. The number of hydrogen-bond donors (Lipinski definition) is 0. The lowest BCUT2D eigenvalue weighted by molar-refractivity contribution is 0.0549. The number of rotatable bonds is 7. The number of nitrogens with zero attached hydrogens (tertiary/aromatic N) is 1. The van der Waals surface area contributed by atoms with Crippen LogP contribution < -0.4 is 4.74 Å². The molecule has 0 amide bonds. The van der Waals surface area contributed by atoms with Crippen LogP contribution in [0.15, 0.2) is 65.2 Å². The molecule has 5 nitrogen and oxygen atoms in total. The van der Waals surface area contributed by atoms with Gasteiger partial charge in [-0.05, 0) is 43.7 Å². The van der Waals surface area contributed by atoms with Gasteiger partial charge < -0.3 is 14.0 Å². The maximum Gasteiger partial charge on any atom is 0.338 e. The van der Waals surface area contributed by atoms with Gasteiger partial charge in [-0.25, -0.2) is 4.79 Å². The summed E-state index contributed by atoms with van der Waals surface area (Å²) < 4.78 is 16.2. The molecule has 0 aliphatic carbocycles. The maximum absolute atomic E-state index is 12.2. The SMILES string of the molecule is Cc1noc(C)c1COc1cccc(C(=O)OC/C=C/c2ccccc2)c1. The molecule has 0 bridgehead atoms. The van der Waals surface area contributed by atoms with E-state index in [0.717, 1.165) is 22.6 Å². The van der Waals surface area contributed by atoms with Crippen LogP contribution in [-0.4, -0.2) is 17.7 Å². The number of hydrogen-bond acceptors (Lipinski definition) is 5. The number of esters is 1. The quantitative estimate of drug-likeness (QED) is 0.567. The zero-order valence-electron chi connectivity index (χ0n) is 15.3. The van der Waals surface area contributed by atoms with E-state index in [4.69, 9.17) is 14.0 Å². The van der Waals surface area contributed by atoms with Crippen molar-refractivity contribution in [1.82, 2.24) is 5.16 Å². The lowest BCUT2D eigenvalue weighted by Crippen LogP contribution is -2.05. The Labute approximate surface area is 158 Å². The molecule has 0 aliphatic rings. The predicted molar refractivity (Wildman–Crippen MR) is 103 cm³/mol. The van der Waals surface area contributed by atoms with Gasteiger partial charge in [0.1, 0.15) is 24.7 Å². The summed E-state index contributed by atoms with van der Waals surface area (Å²) in [5.74, 6) is 0.924. The highest BCUT2D eigenvalue weighted by Gasteiger charge is 2.11. The van der Waals surface area contributed by atoms with Crippen LogP contribution in [0, 0.1) is 13.8 Å². The Hall–Kier alpha value is -3.34. The van der Waals surface area contributed by atoms with Crippen LogP contribution in [-0.2, 0) is 11.3 Å². The van der Waals surface area contributed by atoms with E-state index in [1.807, 2.05) is 56.3 Å². The molecule has 0 spiro atoms. The molecule has 0 atom stereocenters. The van der Waals surface area contributed by atoms with Crippen LogP contribution in [0.2, 0.25) is 0 Å². The number of benzene rings is 2. The molecule has 0 fully saturated rings. The number of aryl methyl sites for hydroxylation is 2. The minimum absolute atomic E-state index is 0.206. The van der Waals surface area contributed by atoms with E-state index in [-0.39, 0.29) is 6.61 Å². The molecule has 1 heterocycles. The van der Waals surface area contributed by atoms with Crippen LogP contribution in [0.4, 0.5) is 0 Å². The van der Waals surface area contributed by atoms with Gasteiger partial charge in [-0.1, -0.05) is 47.6 Å². The van der Waals surface area contributed by atoms with E-state index in [9.17, 15) is 4.79 Å². The van der Waals surface area contributed by atoms with Crippen molar-refractivity contribution < 1.29 is 18.8 Å². The number of aromatic nitrogens is 1. The summed E-state index contributed by atoms with van der Waals surface area (Å²) in [7, 11) is 0. The summed E-state index contributed by atoms with van der Waals surface area (Å²) in [4.78, 5) is 12.2. The lowest BCUT2D eigenvalue weighted by atomic mass is 10.2. The molecule has 3 aromatic rings. The van der Waals surface area contributed by atoms with Crippen molar-refractivity contribution in [2.45, 2.75) is 20.5 Å². The summed E-state index contributed by atoms with van der Waals surface area (Å²) in [6.45, 7) is 4.25. The van der Waals surface area contributed by atoms with E-state index in [1.54, 1.807) is 24.3 Å². The van der Waals surface area contributed by atoms with Crippen LogP contribution in [0.1, 0.15) is 32.9 Å². The Kier molecular flexibility index (Phi) is 6.05. The molecule has 0 aliphatic heterocycles. The fraction of sp³-hybridized carbons (Fsp3) is 0.182. The molecular formula is C22H21NO4. The first-order valence-corrected chi connectivity index (χ1v) is 8.67. The fourth-order valence-corrected chi connectivity index (χ4v) is 2.53. The number of carbonyl (C=O) groups excluding carboxylic acids is 1. The van der Waals surface area contributed by atoms with Crippen molar-refractivity contribution in [1.29, 1.82) is 0 Å². The highest BCUT2D eigenvalue weighted by atomic mass is 16.5. The standard InChI is InChI=1S/C22H21NO4/c1-16-21(17(2)27-23-16)15-26-20-12-6-11-19(14-20)22(24)25-13-7-10-18-8-4-3-5-9-18/h3-12,14H,13,15H2,1-2H3/b10-7+. The minimum atomic E-state index is -0.393. The summed E-state index contributed by atoms with van der Waals surface area (Å²) >= 11 is 0. The molecule has 138 valence electrons. The molecule has 0 saturated heterocycles. The molecule has 27 heavy (non-hydrogen) atoms. The second-order valence-corrected chi connectivity index (χ2v) is 6.03. The third-order valence-corrected chi connectivity index (χ3v) is 4.05. The second kappa shape index (κ2) is 8.85. The second-order valence-electron chi connectivity index (χ2n) is 6.03. The summed E-state index contributed by atoms with van der Waals surface area (Å²) in [5.41, 5.74) is 3.21. The highest BCUT2D eigenvalue weighted by Crippen LogP contribution is 2.19. The molecule has 0 unspecified atom stereocenters. The average molecular weight is 363 g/mol. The van der Waals surface area contributed by atoms with Gasteiger partial charge in [0, 0.05) is 0 Å². The Balaban J connectivity index is 1.54. The first-order valence-electron chi connectivity index (χ1n) is 8.67. The summed E-state index contributed by atoms with van der Waals surface area (Å²) in [6.07, 6.45) is 3.72. The highest BCUT2D eigenvalue weighted by molar-refractivity contribution is 5.89. The first kappa shape index (κ1) is 18.5. The Morgan fingerprint density at radius 1 is 1.11 bits per heavy atom. The third-order valence-electron chi connectivity index (χ3n) is 4.05. The van der Waals surface area contributed by atoms with Crippen molar-refractivity contribution >= 4 is 12.0 Å². The Morgan fingerprint density at radius 2 is 1.93 bits per heavy atom. The minimum Gasteiger partial charge on any atom is -0.489 e. The zero-order chi connectivity index (χ0) is 19.1. The van der Waals surface area contributed by atoms with Gasteiger partial charge in [-0.3, -0.25) is 0 Å². The van der Waals surface area contributed by atoms with E-state index in [1.165, 1.54) is 0 Å². The molecule has 0 radical (unpaired) electrons. The molecule has 5 heteroatoms. The first-order chi connectivity index (χ1) is 13.1. The van der Waals surface area contributed by atoms with Gasteiger partial charge in [0.2, 0.25) is 0 Å². The van der Waals surface area contributed by atoms with Crippen LogP contribution in [0.5, 0.6) is 5.75 Å². The fourth-order valence-electron chi connectivity index (χ4n) is 2.53. The molecular weight excluding hydrogens is 342 g/mol. The predicted octanol–water partition coefficient (Wildman–Crippen LogP) is 4.74. The summed E-state index contributed by atoms with van der Waals surface area (Å²) in [5, 5.41) is 3.90. The van der Waals surface area contributed by atoms with Gasteiger partial charge >= 0.3 is 5.97 Å². The Bertz CT molecular complexity index is 909. The smallest absolute Gasteiger partial charge is 0.338 e. The van der Waals surface area contributed by atoms with Crippen LogP contribution in [0.25, 0.3) is 6.08 Å². The average Bonchev–Trinajstić information content (AvgIpc) is 3.02. The van der Waals surface area contributed by atoms with E-state index >= 15 is 0 Å². The molecule has 3 rings (SSSR count). The van der Waals surface area contributed by atoms with E-state index < -0.39 is 5.97 Å². The maximum atomic E-state index is 12.2. The van der Waals surface area contributed by atoms with E-state index in [2.05, 4.69) is 5.16 Å². The third kappa shape index (κ3) is 5.07. The molecule has 1 aromatic heterocycles. The molecule has 0 saturated carbocycles. The monoisotopic (exact) mass is 363 g/mol. The van der Waals surface area contributed by atoms with E-state index in [0.29, 0.717) is 17.9 Å². The zero-order valence-corrected chi connectivity index (χ0v) is 15.3. The van der Waals surface area contributed by atoms with Crippen molar-refractivity contribution in [2.24, 2.45) is 0 Å². The van der Waals surface area contributed by atoms with Crippen LogP contribution in [0.3, 0.4) is 0 Å². The van der Waals surface area contributed by atoms with Gasteiger partial charge in [0.05, 0.1) is 16.8 Å². The van der Waals surface area contributed by atoms with Crippen molar-refractivity contribution in [3.05, 3.63) is 88.8 Å². The largest absolute Gasteiger partial charge is 0.489 e. The van der Waals surface area contributed by atoms with Crippen LogP contribution >= 0.6 is 0 Å². The lowest BCUT2D eigenvalue weighted by Gasteiger charge is -2.08. The van der Waals surface area contributed by atoms with Crippen molar-refractivity contribution in [2.75, 3.05) is 6.61 Å². The normalized spacial score (nSPS) is 10.9. The number of ether oxygens (including phenoxy) is 2. The van der Waals surface area contributed by atoms with Gasteiger partial charge in [-0.15, -0.1) is 0 Å². The topological polar surface area (TPSA) is 61.6 Å². The van der Waals surface area contributed by atoms with Gasteiger partial charge in [0.25, 0.3) is 0 Å². The molecule has 0 N–H and O–H groups in total. The number of carbonyl (C=O) groups is 1. The van der Waals surface area contributed by atoms with Gasteiger partial charge in [0.15, 0.2) is 0 Å². The van der Waals surface area contributed by atoms with Crippen molar-refractivity contribution in [3.63, 3.8) is 0 Å². The van der Waals surface area contributed by atoms with Gasteiger partial charge in [-0.2, -0.15) is 0 Å². The molecule has 2 aromatic carbocycles. The van der Waals surface area contributed by atoms with Crippen molar-refractivity contribution in [3.8, 4) is 5.75 Å². The Morgan fingerprint density at radius 3 is 2.67 bits per heavy atom.